The molecule has 1 fully saturated rings. The molecule has 1 aliphatic heterocycles. The maximum absolute atomic E-state index is 12.5. The highest BCUT2D eigenvalue weighted by Crippen LogP contribution is 2.23. The molecule has 2 amide bonds. The Morgan fingerprint density at radius 2 is 2.05 bits per heavy atom. The quantitative estimate of drug-likeness (QED) is 0.904. The fraction of sp³-hybridized carbons (Fsp3) is 0.467. The Morgan fingerprint density at radius 1 is 1.32 bits per heavy atom. The lowest BCUT2D eigenvalue weighted by Crippen LogP contribution is -2.62. The highest BCUT2D eigenvalue weighted by molar-refractivity contribution is 6.08. The maximum Gasteiger partial charge on any atom is 0.250 e. The van der Waals surface area contributed by atoms with Gasteiger partial charge in [-0.25, -0.2) is 0 Å². The minimum absolute atomic E-state index is 0.0143. The van der Waals surface area contributed by atoms with Crippen LogP contribution in [0.4, 0.5) is 5.69 Å². The highest BCUT2D eigenvalue weighted by Gasteiger charge is 2.38. The molecule has 0 spiro atoms. The predicted octanol–water partition coefficient (Wildman–Crippen LogP) is 2.02. The average Bonchev–Trinajstić information content (AvgIpc) is 2.36. The first-order chi connectivity index (χ1) is 9.04. The van der Waals surface area contributed by atoms with Crippen LogP contribution in [0.2, 0.25) is 0 Å². The summed E-state index contributed by atoms with van der Waals surface area (Å²) in [4.78, 5) is 26.1. The molecule has 102 valence electrons. The second-order valence-corrected chi connectivity index (χ2v) is 5.07. The van der Waals surface area contributed by atoms with Crippen LogP contribution >= 0.6 is 0 Å². The van der Waals surface area contributed by atoms with E-state index in [-0.39, 0.29) is 11.8 Å². The smallest absolute Gasteiger partial charge is 0.250 e. The van der Waals surface area contributed by atoms with Crippen LogP contribution in [0.15, 0.2) is 24.3 Å². The van der Waals surface area contributed by atoms with Crippen molar-refractivity contribution in [3.8, 4) is 0 Å². The van der Waals surface area contributed by atoms with E-state index in [9.17, 15) is 9.59 Å². The number of hydrogen-bond donors (Lipinski definition) is 1. The van der Waals surface area contributed by atoms with Crippen LogP contribution in [0.25, 0.3) is 0 Å². The molecule has 0 saturated carbocycles. The lowest BCUT2D eigenvalue weighted by Gasteiger charge is -2.37. The van der Waals surface area contributed by atoms with Gasteiger partial charge < -0.3 is 5.32 Å². The molecule has 4 heteroatoms. The van der Waals surface area contributed by atoms with Crippen molar-refractivity contribution >= 4 is 17.5 Å². The molecule has 1 aromatic carbocycles. The molecule has 0 radical (unpaired) electrons. The molecule has 0 aromatic heterocycles. The van der Waals surface area contributed by atoms with Gasteiger partial charge in [-0.1, -0.05) is 25.5 Å². The van der Waals surface area contributed by atoms with Crippen molar-refractivity contribution in [2.24, 2.45) is 0 Å². The van der Waals surface area contributed by atoms with Crippen LogP contribution in [0.1, 0.15) is 32.3 Å². The van der Waals surface area contributed by atoms with Crippen LogP contribution < -0.4 is 10.2 Å². The van der Waals surface area contributed by atoms with E-state index in [1.165, 1.54) is 0 Å². The Kier molecular flexibility index (Phi) is 3.88. The van der Waals surface area contributed by atoms with E-state index in [0.29, 0.717) is 6.42 Å². The molecule has 1 heterocycles. The van der Waals surface area contributed by atoms with Crippen LogP contribution in [0, 0.1) is 6.92 Å². The Morgan fingerprint density at radius 3 is 2.68 bits per heavy atom. The van der Waals surface area contributed by atoms with Crippen molar-refractivity contribution in [2.75, 3.05) is 4.90 Å². The van der Waals surface area contributed by atoms with Crippen LogP contribution in [0.3, 0.4) is 0 Å². The third-order valence-corrected chi connectivity index (χ3v) is 3.48. The first-order valence-corrected chi connectivity index (χ1v) is 6.74. The van der Waals surface area contributed by atoms with Gasteiger partial charge in [0.15, 0.2) is 0 Å². The van der Waals surface area contributed by atoms with Crippen molar-refractivity contribution in [3.63, 3.8) is 0 Å². The maximum atomic E-state index is 12.5. The van der Waals surface area contributed by atoms with Gasteiger partial charge in [0.25, 0.3) is 0 Å². The summed E-state index contributed by atoms with van der Waals surface area (Å²) in [6, 6.07) is 6.86. The second kappa shape index (κ2) is 5.43. The monoisotopic (exact) mass is 260 g/mol. The predicted molar refractivity (Wildman–Crippen MR) is 75.0 cm³/mol. The van der Waals surface area contributed by atoms with Crippen molar-refractivity contribution < 1.29 is 9.59 Å². The normalized spacial score (nSPS) is 23.4. The van der Waals surface area contributed by atoms with Crippen molar-refractivity contribution in [1.82, 2.24) is 5.32 Å². The molecule has 1 aliphatic rings. The number of anilines is 1. The van der Waals surface area contributed by atoms with Crippen LogP contribution in [-0.2, 0) is 9.59 Å². The van der Waals surface area contributed by atoms with Gasteiger partial charge in [0.2, 0.25) is 11.8 Å². The molecule has 1 aromatic rings. The standard InChI is InChI=1S/C15H20N2O2/c1-4-6-13-15(19)17(11(3)14(18)16-13)12-8-5-7-10(2)9-12/h5,7-9,11,13H,4,6H2,1-3H3,(H,16,18). The van der Waals surface area contributed by atoms with E-state index >= 15 is 0 Å². The summed E-state index contributed by atoms with van der Waals surface area (Å²) >= 11 is 0. The molecule has 2 rings (SSSR count). The summed E-state index contributed by atoms with van der Waals surface area (Å²) in [5, 5.41) is 2.80. The molecule has 1 saturated heterocycles. The minimum Gasteiger partial charge on any atom is -0.342 e. The zero-order valence-electron chi connectivity index (χ0n) is 11.6. The number of piperazine rings is 1. The lowest BCUT2D eigenvalue weighted by atomic mass is 10.0. The van der Waals surface area contributed by atoms with Crippen LogP contribution in [0.5, 0.6) is 0 Å². The van der Waals surface area contributed by atoms with Gasteiger partial charge in [-0.2, -0.15) is 0 Å². The van der Waals surface area contributed by atoms with Gasteiger partial charge in [-0.15, -0.1) is 0 Å². The van der Waals surface area contributed by atoms with Gasteiger partial charge in [0, 0.05) is 5.69 Å². The number of nitrogens with zero attached hydrogens (tertiary/aromatic N) is 1. The zero-order valence-corrected chi connectivity index (χ0v) is 11.6. The van der Waals surface area contributed by atoms with Crippen molar-refractivity contribution in [1.29, 1.82) is 0 Å². The fourth-order valence-electron chi connectivity index (χ4n) is 2.44. The molecule has 0 bridgehead atoms. The molecular weight excluding hydrogens is 240 g/mol. The zero-order chi connectivity index (χ0) is 14.0. The summed E-state index contributed by atoms with van der Waals surface area (Å²) in [5.74, 6) is -0.0980. The van der Waals surface area contributed by atoms with E-state index in [1.54, 1.807) is 11.8 Å². The molecule has 2 unspecified atom stereocenters. The first-order valence-electron chi connectivity index (χ1n) is 6.74. The molecule has 1 N–H and O–H groups in total. The highest BCUT2D eigenvalue weighted by atomic mass is 16.2. The topological polar surface area (TPSA) is 49.4 Å². The fourth-order valence-corrected chi connectivity index (χ4v) is 2.44. The van der Waals surface area contributed by atoms with Gasteiger partial charge in [0.05, 0.1) is 0 Å². The number of hydrogen-bond acceptors (Lipinski definition) is 2. The van der Waals surface area contributed by atoms with Crippen molar-refractivity contribution in [3.05, 3.63) is 29.8 Å². The number of amides is 2. The summed E-state index contributed by atoms with van der Waals surface area (Å²) in [6.07, 6.45) is 1.55. The Hall–Kier alpha value is -1.84. The van der Waals surface area contributed by atoms with Gasteiger partial charge >= 0.3 is 0 Å². The molecule has 19 heavy (non-hydrogen) atoms. The van der Waals surface area contributed by atoms with Crippen LogP contribution in [-0.4, -0.2) is 23.9 Å². The number of benzene rings is 1. The molecular formula is C15H20N2O2. The van der Waals surface area contributed by atoms with Crippen molar-refractivity contribution in [2.45, 2.75) is 45.7 Å². The van der Waals surface area contributed by atoms with E-state index in [4.69, 9.17) is 0 Å². The van der Waals surface area contributed by atoms with E-state index in [0.717, 1.165) is 17.7 Å². The van der Waals surface area contributed by atoms with Gasteiger partial charge in [-0.3, -0.25) is 14.5 Å². The number of nitrogens with one attached hydrogen (secondary N) is 1. The molecule has 4 nitrogen and oxygen atoms in total. The molecule has 0 aliphatic carbocycles. The summed E-state index contributed by atoms with van der Waals surface area (Å²) in [6.45, 7) is 5.75. The summed E-state index contributed by atoms with van der Waals surface area (Å²) in [7, 11) is 0. The number of carbonyl (C=O) groups is 2. The second-order valence-electron chi connectivity index (χ2n) is 5.07. The molecule has 2 atom stereocenters. The SMILES string of the molecule is CCCC1NC(=O)C(C)N(c2cccc(C)c2)C1=O. The van der Waals surface area contributed by atoms with E-state index in [1.807, 2.05) is 38.1 Å². The largest absolute Gasteiger partial charge is 0.342 e. The Balaban J connectivity index is 2.35. The third kappa shape index (κ3) is 2.62. The minimum atomic E-state index is -0.456. The number of carbonyl (C=O) groups excluding carboxylic acids is 2. The van der Waals surface area contributed by atoms with Gasteiger partial charge in [0.1, 0.15) is 12.1 Å². The average molecular weight is 260 g/mol. The Bertz CT molecular complexity index is 499. The number of rotatable bonds is 3. The van der Waals surface area contributed by atoms with Gasteiger partial charge in [-0.05, 0) is 38.0 Å². The third-order valence-electron chi connectivity index (χ3n) is 3.48. The summed E-state index contributed by atoms with van der Waals surface area (Å²) < 4.78 is 0. The first kappa shape index (κ1) is 13.6. The van der Waals surface area contributed by atoms with E-state index < -0.39 is 12.1 Å². The Labute approximate surface area is 113 Å². The number of aryl methyl sites for hydroxylation is 1. The van der Waals surface area contributed by atoms with E-state index in [2.05, 4.69) is 5.32 Å². The summed E-state index contributed by atoms with van der Waals surface area (Å²) in [5.41, 5.74) is 1.88. The lowest BCUT2D eigenvalue weighted by molar-refractivity contribution is -0.133.